The third-order valence-corrected chi connectivity index (χ3v) is 4.17. The van der Waals surface area contributed by atoms with Crippen LogP contribution in [0.5, 0.6) is 0 Å². The van der Waals surface area contributed by atoms with Crippen LogP contribution in [0.25, 0.3) is 0 Å². The molecule has 0 saturated carbocycles. The van der Waals surface area contributed by atoms with Crippen LogP contribution in [0.3, 0.4) is 0 Å². The summed E-state index contributed by atoms with van der Waals surface area (Å²) in [6, 6.07) is 5.63. The first kappa shape index (κ1) is 14.0. The van der Waals surface area contributed by atoms with Crippen molar-refractivity contribution in [2.75, 3.05) is 25.0 Å². The summed E-state index contributed by atoms with van der Waals surface area (Å²) in [4.78, 5) is 18.6. The number of nitrogens with zero attached hydrogens (tertiary/aromatic N) is 2. The van der Waals surface area contributed by atoms with Crippen LogP contribution in [-0.2, 0) is 4.79 Å². The minimum absolute atomic E-state index is 0.139. The van der Waals surface area contributed by atoms with E-state index >= 15 is 0 Å². The Morgan fingerprint density at radius 1 is 1.47 bits per heavy atom. The van der Waals surface area contributed by atoms with Gasteiger partial charge in [0.25, 0.3) is 0 Å². The SMILES string of the molecule is CN(C(=O)C(C)(C)C1CCCNC1)c1ccccn1. The average Bonchev–Trinajstić information content (AvgIpc) is 2.47. The number of aromatic nitrogens is 1. The zero-order valence-corrected chi connectivity index (χ0v) is 12.0. The van der Waals surface area contributed by atoms with Gasteiger partial charge < -0.3 is 5.32 Å². The fourth-order valence-corrected chi connectivity index (χ4v) is 2.73. The quantitative estimate of drug-likeness (QED) is 0.906. The molecule has 1 amide bonds. The van der Waals surface area contributed by atoms with Gasteiger partial charge in [-0.05, 0) is 44.0 Å². The number of hydrogen-bond acceptors (Lipinski definition) is 3. The lowest BCUT2D eigenvalue weighted by Crippen LogP contribution is -2.48. The second kappa shape index (κ2) is 5.70. The molecule has 1 aliphatic rings. The second-order valence-corrected chi connectivity index (χ2v) is 5.82. The maximum Gasteiger partial charge on any atom is 0.233 e. The molecule has 1 saturated heterocycles. The molecular weight excluding hydrogens is 238 g/mol. The van der Waals surface area contributed by atoms with Crippen LogP contribution in [0, 0.1) is 11.3 Å². The molecule has 0 radical (unpaired) electrons. The summed E-state index contributed by atoms with van der Waals surface area (Å²) in [5, 5.41) is 3.39. The van der Waals surface area contributed by atoms with Crippen LogP contribution < -0.4 is 10.2 Å². The zero-order chi connectivity index (χ0) is 13.9. The Morgan fingerprint density at radius 2 is 2.26 bits per heavy atom. The van der Waals surface area contributed by atoms with E-state index in [0.29, 0.717) is 11.7 Å². The number of nitrogens with one attached hydrogen (secondary N) is 1. The van der Waals surface area contributed by atoms with E-state index in [2.05, 4.69) is 10.3 Å². The second-order valence-electron chi connectivity index (χ2n) is 5.82. The molecule has 1 N–H and O–H groups in total. The van der Waals surface area contributed by atoms with Gasteiger partial charge in [-0.2, -0.15) is 0 Å². The number of piperidine rings is 1. The highest BCUT2D eigenvalue weighted by molar-refractivity contribution is 5.96. The van der Waals surface area contributed by atoms with Crippen molar-refractivity contribution < 1.29 is 4.79 Å². The molecule has 2 heterocycles. The highest BCUT2D eigenvalue weighted by Gasteiger charge is 2.39. The fourth-order valence-electron chi connectivity index (χ4n) is 2.73. The van der Waals surface area contributed by atoms with E-state index in [1.807, 2.05) is 39.1 Å². The van der Waals surface area contributed by atoms with Crippen LogP contribution in [0.15, 0.2) is 24.4 Å². The van der Waals surface area contributed by atoms with Crippen molar-refractivity contribution in [2.45, 2.75) is 26.7 Å². The van der Waals surface area contributed by atoms with Gasteiger partial charge in [-0.15, -0.1) is 0 Å². The Kier molecular flexibility index (Phi) is 4.20. The molecule has 1 unspecified atom stereocenters. The summed E-state index contributed by atoms with van der Waals surface area (Å²) < 4.78 is 0. The largest absolute Gasteiger partial charge is 0.316 e. The van der Waals surface area contributed by atoms with Gasteiger partial charge in [0.1, 0.15) is 5.82 Å². The smallest absolute Gasteiger partial charge is 0.233 e. The molecule has 1 fully saturated rings. The van der Waals surface area contributed by atoms with E-state index in [4.69, 9.17) is 0 Å². The lowest BCUT2D eigenvalue weighted by Gasteiger charge is -2.38. The van der Waals surface area contributed by atoms with Gasteiger partial charge in [0, 0.05) is 18.7 Å². The van der Waals surface area contributed by atoms with E-state index in [1.54, 1.807) is 11.1 Å². The van der Waals surface area contributed by atoms with Gasteiger partial charge in [0.05, 0.1) is 0 Å². The first-order valence-corrected chi connectivity index (χ1v) is 6.93. The Hall–Kier alpha value is -1.42. The van der Waals surface area contributed by atoms with Gasteiger partial charge in [-0.1, -0.05) is 19.9 Å². The first-order chi connectivity index (χ1) is 9.03. The number of pyridine rings is 1. The van der Waals surface area contributed by atoms with E-state index < -0.39 is 0 Å². The molecule has 0 bridgehead atoms. The van der Waals surface area contributed by atoms with E-state index in [9.17, 15) is 4.79 Å². The van der Waals surface area contributed by atoms with Gasteiger partial charge in [-0.3, -0.25) is 9.69 Å². The summed E-state index contributed by atoms with van der Waals surface area (Å²) in [6.07, 6.45) is 3.98. The summed E-state index contributed by atoms with van der Waals surface area (Å²) in [6.45, 7) is 6.09. The molecule has 2 rings (SSSR count). The van der Waals surface area contributed by atoms with Crippen LogP contribution in [0.4, 0.5) is 5.82 Å². The maximum absolute atomic E-state index is 12.7. The molecule has 1 aliphatic heterocycles. The van der Waals surface area contributed by atoms with Crippen molar-refractivity contribution in [3.05, 3.63) is 24.4 Å². The van der Waals surface area contributed by atoms with Crippen molar-refractivity contribution >= 4 is 11.7 Å². The number of rotatable bonds is 3. The number of amides is 1. The molecule has 1 aromatic rings. The summed E-state index contributed by atoms with van der Waals surface area (Å²) in [7, 11) is 1.81. The Balaban J connectivity index is 2.13. The van der Waals surface area contributed by atoms with Crippen LogP contribution >= 0.6 is 0 Å². The monoisotopic (exact) mass is 261 g/mol. The molecule has 1 aromatic heterocycles. The van der Waals surface area contributed by atoms with Gasteiger partial charge in [-0.25, -0.2) is 4.98 Å². The van der Waals surface area contributed by atoms with Crippen molar-refractivity contribution in [2.24, 2.45) is 11.3 Å². The Morgan fingerprint density at radius 3 is 2.84 bits per heavy atom. The van der Waals surface area contributed by atoms with Crippen molar-refractivity contribution in [3.8, 4) is 0 Å². The molecule has 1 atom stereocenters. The lowest BCUT2D eigenvalue weighted by atomic mass is 9.74. The van der Waals surface area contributed by atoms with Gasteiger partial charge in [0.15, 0.2) is 0 Å². The minimum Gasteiger partial charge on any atom is -0.316 e. The third-order valence-electron chi connectivity index (χ3n) is 4.17. The summed E-state index contributed by atoms with van der Waals surface area (Å²) >= 11 is 0. The lowest BCUT2D eigenvalue weighted by molar-refractivity contribution is -0.129. The minimum atomic E-state index is -0.361. The molecule has 0 aromatic carbocycles. The normalized spacial score (nSPS) is 20.1. The average molecular weight is 261 g/mol. The zero-order valence-electron chi connectivity index (χ0n) is 12.0. The molecule has 4 heteroatoms. The Labute approximate surface area is 115 Å². The molecule has 0 spiro atoms. The fraction of sp³-hybridized carbons (Fsp3) is 0.600. The van der Waals surface area contributed by atoms with Crippen LogP contribution in [0.1, 0.15) is 26.7 Å². The van der Waals surface area contributed by atoms with Crippen molar-refractivity contribution in [1.82, 2.24) is 10.3 Å². The highest BCUT2D eigenvalue weighted by atomic mass is 16.2. The topological polar surface area (TPSA) is 45.2 Å². The number of carbonyl (C=O) groups excluding carboxylic acids is 1. The molecular formula is C15H23N3O. The molecule has 104 valence electrons. The Bertz CT molecular complexity index is 424. The van der Waals surface area contributed by atoms with E-state index in [1.165, 1.54) is 0 Å². The standard InChI is InChI=1S/C15H23N3O/c1-15(2,12-7-6-9-16-11-12)14(19)18(3)13-8-4-5-10-17-13/h4-5,8,10,12,16H,6-7,9,11H2,1-3H3. The summed E-state index contributed by atoms with van der Waals surface area (Å²) in [5.41, 5.74) is -0.361. The van der Waals surface area contributed by atoms with Gasteiger partial charge >= 0.3 is 0 Å². The van der Waals surface area contributed by atoms with Crippen LogP contribution in [0.2, 0.25) is 0 Å². The maximum atomic E-state index is 12.7. The van der Waals surface area contributed by atoms with Crippen molar-refractivity contribution in [1.29, 1.82) is 0 Å². The van der Waals surface area contributed by atoms with E-state index in [0.717, 1.165) is 25.9 Å². The van der Waals surface area contributed by atoms with Crippen molar-refractivity contribution in [3.63, 3.8) is 0 Å². The number of carbonyl (C=O) groups is 1. The predicted octanol–water partition coefficient (Wildman–Crippen LogP) is 2.07. The number of hydrogen-bond donors (Lipinski definition) is 1. The molecule has 19 heavy (non-hydrogen) atoms. The first-order valence-electron chi connectivity index (χ1n) is 6.93. The highest BCUT2D eigenvalue weighted by Crippen LogP contribution is 2.34. The third kappa shape index (κ3) is 2.95. The molecule has 4 nitrogen and oxygen atoms in total. The van der Waals surface area contributed by atoms with Gasteiger partial charge in [0.2, 0.25) is 5.91 Å². The molecule has 0 aliphatic carbocycles. The van der Waals surface area contributed by atoms with Crippen LogP contribution in [-0.4, -0.2) is 31.0 Å². The predicted molar refractivity (Wildman–Crippen MR) is 77.0 cm³/mol. The van der Waals surface area contributed by atoms with E-state index in [-0.39, 0.29) is 11.3 Å². The summed E-state index contributed by atoms with van der Waals surface area (Å²) in [5.74, 6) is 1.24. The number of anilines is 1.